The molecule has 0 fully saturated rings. The summed E-state index contributed by atoms with van der Waals surface area (Å²) in [6.07, 6.45) is 0. The van der Waals surface area contributed by atoms with Crippen LogP contribution in [0.1, 0.15) is 11.3 Å². The maximum atomic E-state index is 5.63. The Hall–Kier alpha value is -1.25. The van der Waals surface area contributed by atoms with Crippen molar-refractivity contribution in [3.8, 4) is 0 Å². The molecule has 0 aliphatic carbocycles. The van der Waals surface area contributed by atoms with Gasteiger partial charge in [0.05, 0.1) is 11.4 Å². The van der Waals surface area contributed by atoms with E-state index in [0.29, 0.717) is 5.82 Å². The van der Waals surface area contributed by atoms with Gasteiger partial charge in [-0.05, 0) is 25.5 Å². The molecule has 0 radical (unpaired) electrons. The SMILES string of the molecule is Cc1cc(N)nc(C)c1N. The Kier molecular flexibility index (Phi) is 1.49. The van der Waals surface area contributed by atoms with Crippen LogP contribution in [0.2, 0.25) is 0 Å². The highest BCUT2D eigenvalue weighted by atomic mass is 14.9. The molecule has 1 aromatic rings. The molecule has 1 rings (SSSR count). The fraction of sp³-hybridized carbons (Fsp3) is 0.286. The van der Waals surface area contributed by atoms with Crippen LogP contribution in [0.4, 0.5) is 11.5 Å². The molecule has 0 aliphatic rings. The number of hydrogen-bond acceptors (Lipinski definition) is 3. The number of nitrogens with zero attached hydrogens (tertiary/aromatic N) is 1. The molecule has 0 saturated carbocycles. The number of rotatable bonds is 0. The third kappa shape index (κ3) is 1.03. The smallest absolute Gasteiger partial charge is 0.124 e. The van der Waals surface area contributed by atoms with Gasteiger partial charge in [-0.2, -0.15) is 0 Å². The Labute approximate surface area is 60.1 Å². The van der Waals surface area contributed by atoms with Gasteiger partial charge in [0.15, 0.2) is 0 Å². The van der Waals surface area contributed by atoms with E-state index in [2.05, 4.69) is 4.98 Å². The summed E-state index contributed by atoms with van der Waals surface area (Å²) < 4.78 is 0. The van der Waals surface area contributed by atoms with E-state index in [1.54, 1.807) is 6.07 Å². The first-order valence-electron chi connectivity index (χ1n) is 3.10. The van der Waals surface area contributed by atoms with Crippen molar-refractivity contribution in [3.63, 3.8) is 0 Å². The minimum atomic E-state index is 0.532. The topological polar surface area (TPSA) is 64.9 Å². The van der Waals surface area contributed by atoms with E-state index in [4.69, 9.17) is 11.5 Å². The number of anilines is 2. The minimum Gasteiger partial charge on any atom is -0.397 e. The fourth-order valence-electron chi connectivity index (χ4n) is 0.871. The van der Waals surface area contributed by atoms with Gasteiger partial charge in [-0.3, -0.25) is 0 Å². The number of hydrogen-bond donors (Lipinski definition) is 2. The molecule has 0 saturated heterocycles. The molecule has 4 N–H and O–H groups in total. The van der Waals surface area contributed by atoms with Crippen LogP contribution >= 0.6 is 0 Å². The molecule has 1 aromatic heterocycles. The fourth-order valence-corrected chi connectivity index (χ4v) is 0.871. The Morgan fingerprint density at radius 2 is 1.90 bits per heavy atom. The average Bonchev–Trinajstić information content (AvgIpc) is 1.82. The lowest BCUT2D eigenvalue weighted by atomic mass is 10.2. The lowest BCUT2D eigenvalue weighted by Gasteiger charge is -2.03. The number of aromatic nitrogens is 1. The highest BCUT2D eigenvalue weighted by molar-refractivity contribution is 5.54. The number of aryl methyl sites for hydroxylation is 2. The molecule has 0 spiro atoms. The molecule has 54 valence electrons. The maximum Gasteiger partial charge on any atom is 0.124 e. The van der Waals surface area contributed by atoms with Gasteiger partial charge in [-0.25, -0.2) is 4.98 Å². The molecule has 0 aliphatic heterocycles. The van der Waals surface area contributed by atoms with Crippen LogP contribution < -0.4 is 11.5 Å². The molecular weight excluding hydrogens is 126 g/mol. The van der Waals surface area contributed by atoms with Gasteiger partial charge in [0.1, 0.15) is 5.82 Å². The third-order valence-electron chi connectivity index (χ3n) is 1.48. The predicted octanol–water partition coefficient (Wildman–Crippen LogP) is 0.863. The van der Waals surface area contributed by atoms with Crippen LogP contribution in [-0.4, -0.2) is 4.98 Å². The standard InChI is InChI=1S/C7H11N3/c1-4-3-6(8)10-5(2)7(4)9/h3H,9H2,1-2H3,(H2,8,10). The van der Waals surface area contributed by atoms with Crippen molar-refractivity contribution in [3.05, 3.63) is 17.3 Å². The third-order valence-corrected chi connectivity index (χ3v) is 1.48. The average molecular weight is 137 g/mol. The first-order valence-corrected chi connectivity index (χ1v) is 3.10. The molecule has 10 heavy (non-hydrogen) atoms. The van der Waals surface area contributed by atoms with E-state index >= 15 is 0 Å². The van der Waals surface area contributed by atoms with E-state index in [0.717, 1.165) is 16.9 Å². The van der Waals surface area contributed by atoms with Gasteiger partial charge in [0.2, 0.25) is 0 Å². The van der Waals surface area contributed by atoms with E-state index in [9.17, 15) is 0 Å². The highest BCUT2D eigenvalue weighted by Crippen LogP contribution is 2.15. The summed E-state index contributed by atoms with van der Waals surface area (Å²) >= 11 is 0. The predicted molar refractivity (Wildman–Crippen MR) is 42.5 cm³/mol. The molecular formula is C7H11N3. The van der Waals surface area contributed by atoms with Crippen LogP contribution in [0, 0.1) is 13.8 Å². The molecule has 0 amide bonds. The summed E-state index contributed by atoms with van der Waals surface area (Å²) in [7, 11) is 0. The quantitative estimate of drug-likeness (QED) is 0.557. The lowest BCUT2D eigenvalue weighted by molar-refractivity contribution is 1.19. The van der Waals surface area contributed by atoms with Gasteiger partial charge < -0.3 is 11.5 Å². The van der Waals surface area contributed by atoms with Crippen LogP contribution in [0.5, 0.6) is 0 Å². The maximum absolute atomic E-state index is 5.63. The summed E-state index contributed by atoms with van der Waals surface area (Å²) in [5.74, 6) is 0.532. The molecule has 3 heteroatoms. The van der Waals surface area contributed by atoms with Crippen LogP contribution in [0.25, 0.3) is 0 Å². The van der Waals surface area contributed by atoms with Crippen LogP contribution in [-0.2, 0) is 0 Å². The Bertz CT molecular complexity index is 232. The van der Waals surface area contributed by atoms with E-state index in [1.807, 2.05) is 13.8 Å². The summed E-state index contributed by atoms with van der Waals surface area (Å²) in [6.45, 7) is 3.76. The van der Waals surface area contributed by atoms with Crippen molar-refractivity contribution >= 4 is 11.5 Å². The Morgan fingerprint density at radius 3 is 2.40 bits per heavy atom. The first-order chi connectivity index (χ1) is 4.61. The zero-order valence-electron chi connectivity index (χ0n) is 6.18. The molecule has 0 aromatic carbocycles. The summed E-state index contributed by atoms with van der Waals surface area (Å²) in [5.41, 5.74) is 13.6. The van der Waals surface area contributed by atoms with Gasteiger partial charge in [0.25, 0.3) is 0 Å². The largest absolute Gasteiger partial charge is 0.397 e. The summed E-state index contributed by atoms with van der Waals surface area (Å²) in [6, 6.07) is 1.77. The van der Waals surface area contributed by atoms with E-state index in [-0.39, 0.29) is 0 Å². The van der Waals surface area contributed by atoms with Crippen molar-refractivity contribution in [2.75, 3.05) is 11.5 Å². The van der Waals surface area contributed by atoms with Gasteiger partial charge >= 0.3 is 0 Å². The molecule has 0 atom stereocenters. The van der Waals surface area contributed by atoms with E-state index in [1.165, 1.54) is 0 Å². The highest BCUT2D eigenvalue weighted by Gasteiger charge is 1.98. The van der Waals surface area contributed by atoms with Crippen molar-refractivity contribution in [2.24, 2.45) is 0 Å². The van der Waals surface area contributed by atoms with E-state index < -0.39 is 0 Å². The molecule has 0 unspecified atom stereocenters. The monoisotopic (exact) mass is 137 g/mol. The van der Waals surface area contributed by atoms with Gasteiger partial charge in [-0.15, -0.1) is 0 Å². The number of nitrogen functional groups attached to an aromatic ring is 2. The second-order valence-corrected chi connectivity index (χ2v) is 2.36. The normalized spacial score (nSPS) is 9.80. The zero-order valence-corrected chi connectivity index (χ0v) is 6.18. The molecule has 3 nitrogen and oxygen atoms in total. The van der Waals surface area contributed by atoms with Crippen molar-refractivity contribution in [1.82, 2.24) is 4.98 Å². The van der Waals surface area contributed by atoms with Crippen molar-refractivity contribution in [1.29, 1.82) is 0 Å². The molecule has 0 bridgehead atoms. The van der Waals surface area contributed by atoms with Crippen LogP contribution in [0.15, 0.2) is 6.07 Å². The zero-order chi connectivity index (χ0) is 7.72. The van der Waals surface area contributed by atoms with Crippen molar-refractivity contribution < 1.29 is 0 Å². The minimum absolute atomic E-state index is 0.532. The Balaban J connectivity index is 3.31. The Morgan fingerprint density at radius 1 is 1.30 bits per heavy atom. The summed E-state index contributed by atoms with van der Waals surface area (Å²) in [4.78, 5) is 3.99. The van der Waals surface area contributed by atoms with Gasteiger partial charge in [-0.1, -0.05) is 0 Å². The molecule has 1 heterocycles. The second kappa shape index (κ2) is 2.17. The summed E-state index contributed by atoms with van der Waals surface area (Å²) in [5, 5.41) is 0. The second-order valence-electron chi connectivity index (χ2n) is 2.36. The van der Waals surface area contributed by atoms with Crippen LogP contribution in [0.3, 0.4) is 0 Å². The van der Waals surface area contributed by atoms with Crippen molar-refractivity contribution in [2.45, 2.75) is 13.8 Å². The first kappa shape index (κ1) is 6.86. The number of pyridine rings is 1. The number of nitrogens with two attached hydrogens (primary N) is 2. The lowest BCUT2D eigenvalue weighted by Crippen LogP contribution is -1.99. The van der Waals surface area contributed by atoms with Gasteiger partial charge in [0, 0.05) is 0 Å².